The molecule has 1 amide bonds. The molecule has 1 fully saturated rings. The highest BCUT2D eigenvalue weighted by Crippen LogP contribution is 2.25. The van der Waals surface area contributed by atoms with E-state index in [0.29, 0.717) is 26.1 Å². The van der Waals surface area contributed by atoms with Crippen molar-refractivity contribution in [2.24, 2.45) is 0 Å². The predicted molar refractivity (Wildman–Crippen MR) is 111 cm³/mol. The zero-order valence-electron chi connectivity index (χ0n) is 15.7. The summed E-state index contributed by atoms with van der Waals surface area (Å²) < 4.78 is 29.0. The number of para-hydroxylation sites is 2. The van der Waals surface area contributed by atoms with Crippen molar-refractivity contribution in [3.05, 3.63) is 59.9 Å². The molecule has 3 aromatic rings. The fourth-order valence-electron chi connectivity index (χ4n) is 3.53. The van der Waals surface area contributed by atoms with Crippen LogP contribution >= 0.6 is 11.6 Å². The minimum absolute atomic E-state index is 0.0116. The Bertz CT molecular complexity index is 1140. The number of benzene rings is 2. The third-order valence-corrected chi connectivity index (χ3v) is 7.54. The molecular formula is C20H21ClN4O3S. The van der Waals surface area contributed by atoms with Crippen molar-refractivity contribution in [2.45, 2.75) is 17.9 Å². The number of aromatic nitrogens is 2. The molecule has 0 aliphatic carbocycles. The number of sulfonamides is 1. The first-order valence-electron chi connectivity index (χ1n) is 9.39. The molecule has 7 nitrogen and oxygen atoms in total. The summed E-state index contributed by atoms with van der Waals surface area (Å²) in [4.78, 5) is 18.8. The summed E-state index contributed by atoms with van der Waals surface area (Å²) in [6.45, 7) is 1.79. The number of hydrogen-bond acceptors (Lipinski definition) is 4. The van der Waals surface area contributed by atoms with Crippen molar-refractivity contribution in [1.29, 1.82) is 0 Å². The Morgan fingerprint density at radius 1 is 1.00 bits per heavy atom. The maximum absolute atomic E-state index is 12.8. The van der Waals surface area contributed by atoms with Crippen molar-refractivity contribution >= 4 is 38.6 Å². The summed E-state index contributed by atoms with van der Waals surface area (Å²) in [5, 5.41) is 0.207. The molecule has 2 heterocycles. The third-order valence-electron chi connectivity index (χ3n) is 5.14. The topological polar surface area (TPSA) is 75.5 Å². The fourth-order valence-corrected chi connectivity index (χ4v) is 5.45. The normalized spacial score (nSPS) is 15.7. The molecule has 0 atom stereocenters. The lowest BCUT2D eigenvalue weighted by atomic mass is 10.3. The molecule has 1 saturated heterocycles. The van der Waals surface area contributed by atoms with E-state index < -0.39 is 10.0 Å². The van der Waals surface area contributed by atoms with Crippen LogP contribution in [0.15, 0.2) is 59.8 Å². The molecule has 1 aliphatic rings. The number of fused-ring (bicyclic) bond motifs is 1. The fraction of sp³-hybridized carbons (Fsp3) is 0.300. The number of piperazine rings is 1. The van der Waals surface area contributed by atoms with Gasteiger partial charge in [0.2, 0.25) is 15.9 Å². The quantitative estimate of drug-likeness (QED) is 0.621. The van der Waals surface area contributed by atoms with Gasteiger partial charge in [0.1, 0.15) is 4.90 Å². The van der Waals surface area contributed by atoms with Crippen LogP contribution in [0.4, 0.5) is 0 Å². The van der Waals surface area contributed by atoms with E-state index in [1.165, 1.54) is 10.4 Å². The number of carbonyl (C=O) groups is 1. The Labute approximate surface area is 174 Å². The van der Waals surface area contributed by atoms with E-state index in [-0.39, 0.29) is 28.9 Å². The Morgan fingerprint density at radius 2 is 1.69 bits per heavy atom. The summed E-state index contributed by atoms with van der Waals surface area (Å²) in [6.07, 6.45) is 2.09. The van der Waals surface area contributed by atoms with Gasteiger partial charge in [0.05, 0.1) is 22.4 Å². The lowest BCUT2D eigenvalue weighted by molar-refractivity contribution is -0.132. The minimum atomic E-state index is -3.66. The summed E-state index contributed by atoms with van der Waals surface area (Å²) in [5.41, 5.74) is 1.90. The lowest BCUT2D eigenvalue weighted by Crippen LogP contribution is -2.50. The number of imidazole rings is 1. The summed E-state index contributed by atoms with van der Waals surface area (Å²) in [6, 6.07) is 14.2. The number of nitrogens with zero attached hydrogens (tertiary/aromatic N) is 4. The highest BCUT2D eigenvalue weighted by Gasteiger charge is 2.31. The van der Waals surface area contributed by atoms with E-state index in [0.717, 1.165) is 11.0 Å². The van der Waals surface area contributed by atoms with E-state index >= 15 is 0 Å². The van der Waals surface area contributed by atoms with Gasteiger partial charge in [-0.15, -0.1) is 0 Å². The molecule has 0 bridgehead atoms. The zero-order chi connectivity index (χ0) is 20.4. The molecule has 1 aliphatic heterocycles. The van der Waals surface area contributed by atoms with Crippen LogP contribution in [-0.2, 0) is 21.4 Å². The van der Waals surface area contributed by atoms with Crippen molar-refractivity contribution in [1.82, 2.24) is 18.8 Å². The van der Waals surface area contributed by atoms with Crippen molar-refractivity contribution < 1.29 is 13.2 Å². The molecule has 29 heavy (non-hydrogen) atoms. The van der Waals surface area contributed by atoms with Crippen molar-refractivity contribution in [3.63, 3.8) is 0 Å². The minimum Gasteiger partial charge on any atom is -0.340 e. The smallest absolute Gasteiger partial charge is 0.244 e. The van der Waals surface area contributed by atoms with Crippen LogP contribution in [0.5, 0.6) is 0 Å². The highest BCUT2D eigenvalue weighted by molar-refractivity contribution is 7.89. The van der Waals surface area contributed by atoms with E-state index in [2.05, 4.69) is 4.98 Å². The van der Waals surface area contributed by atoms with Crippen LogP contribution in [0, 0.1) is 0 Å². The van der Waals surface area contributed by atoms with Gasteiger partial charge in [-0.1, -0.05) is 35.9 Å². The van der Waals surface area contributed by atoms with Gasteiger partial charge in [-0.3, -0.25) is 4.79 Å². The van der Waals surface area contributed by atoms with Gasteiger partial charge in [-0.05, 0) is 24.3 Å². The molecule has 152 valence electrons. The summed E-state index contributed by atoms with van der Waals surface area (Å²) in [5.74, 6) is 0.0116. The van der Waals surface area contributed by atoms with Gasteiger partial charge in [0.15, 0.2) is 0 Å². The van der Waals surface area contributed by atoms with Crippen LogP contribution in [0.1, 0.15) is 6.42 Å². The van der Waals surface area contributed by atoms with Crippen LogP contribution in [0.25, 0.3) is 11.0 Å². The second kappa shape index (κ2) is 8.14. The van der Waals surface area contributed by atoms with Crippen molar-refractivity contribution in [3.8, 4) is 0 Å². The van der Waals surface area contributed by atoms with Crippen LogP contribution < -0.4 is 0 Å². The van der Waals surface area contributed by atoms with Gasteiger partial charge in [-0.2, -0.15) is 4.31 Å². The van der Waals surface area contributed by atoms with Gasteiger partial charge in [-0.25, -0.2) is 13.4 Å². The molecular weight excluding hydrogens is 412 g/mol. The Morgan fingerprint density at radius 3 is 2.45 bits per heavy atom. The molecule has 2 aromatic carbocycles. The second-order valence-electron chi connectivity index (χ2n) is 6.89. The Balaban J connectivity index is 1.36. The molecule has 0 radical (unpaired) electrons. The molecule has 4 rings (SSSR count). The second-order valence-corrected chi connectivity index (χ2v) is 9.21. The molecule has 9 heteroatoms. The maximum Gasteiger partial charge on any atom is 0.244 e. The summed E-state index contributed by atoms with van der Waals surface area (Å²) >= 11 is 6.06. The molecule has 0 saturated carbocycles. The van der Waals surface area contributed by atoms with Crippen molar-refractivity contribution in [2.75, 3.05) is 26.2 Å². The number of amides is 1. The van der Waals surface area contributed by atoms with E-state index in [9.17, 15) is 13.2 Å². The predicted octanol–water partition coefficient (Wildman–Crippen LogP) is 2.61. The van der Waals surface area contributed by atoms with Gasteiger partial charge in [0, 0.05) is 39.1 Å². The number of halogens is 1. The van der Waals surface area contributed by atoms with E-state index in [4.69, 9.17) is 11.6 Å². The number of carbonyl (C=O) groups excluding carboxylic acids is 1. The van der Waals surface area contributed by atoms with Gasteiger partial charge in [0.25, 0.3) is 0 Å². The average molecular weight is 433 g/mol. The lowest BCUT2D eigenvalue weighted by Gasteiger charge is -2.34. The first-order chi connectivity index (χ1) is 14.0. The third kappa shape index (κ3) is 4.01. The Hall–Kier alpha value is -2.42. The molecule has 0 spiro atoms. The first-order valence-corrected chi connectivity index (χ1v) is 11.2. The monoisotopic (exact) mass is 432 g/mol. The van der Waals surface area contributed by atoms with E-state index in [1.54, 1.807) is 29.4 Å². The zero-order valence-corrected chi connectivity index (χ0v) is 17.3. The van der Waals surface area contributed by atoms with Crippen LogP contribution in [-0.4, -0.2) is 59.3 Å². The molecule has 1 aromatic heterocycles. The number of hydrogen-bond donors (Lipinski definition) is 0. The standard InChI is InChI=1S/C20H21ClN4O3S/c21-16-5-1-4-8-19(16)29(27,28)25-13-11-23(12-14-25)20(26)9-10-24-15-22-17-6-2-3-7-18(17)24/h1-8,15H,9-14H2. The van der Waals surface area contributed by atoms with E-state index in [1.807, 2.05) is 28.8 Å². The Kier molecular flexibility index (Phi) is 5.58. The SMILES string of the molecule is O=C(CCn1cnc2ccccc21)N1CCN(S(=O)(=O)c2ccccc2Cl)CC1. The largest absolute Gasteiger partial charge is 0.340 e. The van der Waals surface area contributed by atoms with Crippen LogP contribution in [0.2, 0.25) is 5.02 Å². The average Bonchev–Trinajstić information content (AvgIpc) is 3.15. The molecule has 0 unspecified atom stereocenters. The maximum atomic E-state index is 12.8. The van der Waals surface area contributed by atoms with Gasteiger partial charge >= 0.3 is 0 Å². The summed E-state index contributed by atoms with van der Waals surface area (Å²) in [7, 11) is -3.66. The number of rotatable bonds is 5. The van der Waals surface area contributed by atoms with Crippen LogP contribution in [0.3, 0.4) is 0 Å². The first kappa shape index (κ1) is 19.9. The molecule has 0 N–H and O–H groups in total. The number of aryl methyl sites for hydroxylation is 1. The van der Waals surface area contributed by atoms with Gasteiger partial charge < -0.3 is 9.47 Å². The highest BCUT2D eigenvalue weighted by atomic mass is 35.5.